The molecule has 10 heteroatoms. The van der Waals surface area contributed by atoms with Gasteiger partial charge in [0, 0.05) is 23.5 Å². The Bertz CT molecular complexity index is 1020. The zero-order valence-electron chi connectivity index (χ0n) is 14.7. The van der Waals surface area contributed by atoms with Gasteiger partial charge in [0.2, 0.25) is 0 Å². The van der Waals surface area contributed by atoms with Gasteiger partial charge in [-0.2, -0.15) is 0 Å². The van der Waals surface area contributed by atoms with Gasteiger partial charge < -0.3 is 0 Å². The van der Waals surface area contributed by atoms with Gasteiger partial charge in [-0.05, 0) is 11.8 Å². The Kier molecular flexibility index (Phi) is 5.05. The second kappa shape index (κ2) is 6.90. The van der Waals surface area contributed by atoms with E-state index in [4.69, 9.17) is 0 Å². The van der Waals surface area contributed by atoms with E-state index < -0.39 is 34.3 Å². The Balaban J connectivity index is 2.61. The number of nitrogens with zero attached hydrogens (tertiary/aromatic N) is 2. The molecular weight excluding hydrogens is 344 g/mol. The lowest BCUT2D eigenvalue weighted by Crippen LogP contribution is -2.44. The summed E-state index contributed by atoms with van der Waals surface area (Å²) in [5.74, 6) is -3.29. The second-order valence-corrected chi connectivity index (χ2v) is 6.35. The molecule has 26 heavy (non-hydrogen) atoms. The molecule has 0 aliphatic heterocycles. The molecule has 0 saturated carbocycles. The summed E-state index contributed by atoms with van der Waals surface area (Å²) < 4.78 is 0.872. The van der Waals surface area contributed by atoms with E-state index in [2.05, 4.69) is 0 Å². The minimum atomic E-state index is -1.34. The van der Waals surface area contributed by atoms with Gasteiger partial charge in [-0.25, -0.2) is 18.7 Å². The number of H-pyrrole nitrogens is 2. The lowest BCUT2D eigenvalue weighted by molar-refractivity contribution is 0.0707. The van der Waals surface area contributed by atoms with Crippen molar-refractivity contribution in [3.05, 3.63) is 65.2 Å². The lowest BCUT2D eigenvalue weighted by atomic mass is 10.1. The summed E-state index contributed by atoms with van der Waals surface area (Å²) in [6.45, 7) is 6.69. The molecule has 0 aliphatic rings. The zero-order chi connectivity index (χ0) is 19.8. The van der Waals surface area contributed by atoms with Gasteiger partial charge in [-0.1, -0.05) is 27.7 Å². The average Bonchev–Trinajstić information content (AvgIpc) is 2.53. The van der Waals surface area contributed by atoms with Gasteiger partial charge in [-0.15, -0.1) is 0 Å². The summed E-state index contributed by atoms with van der Waals surface area (Å²) in [6.07, 6.45) is 1.96. The van der Waals surface area contributed by atoms with E-state index in [9.17, 15) is 28.8 Å². The van der Waals surface area contributed by atoms with Crippen molar-refractivity contribution in [2.24, 2.45) is 0 Å². The van der Waals surface area contributed by atoms with Crippen LogP contribution in [-0.2, 0) is 0 Å². The van der Waals surface area contributed by atoms with Crippen molar-refractivity contribution in [2.75, 3.05) is 0 Å². The normalized spacial score (nSPS) is 11.2. The van der Waals surface area contributed by atoms with Crippen LogP contribution in [0.2, 0.25) is 0 Å². The SMILES string of the molecule is CC(C)c1cn(C(=O)C(=O)n2cc(C(C)C)c(=O)[nH]c2=O)c(=O)[nH]c1=O. The molecule has 0 radical (unpaired) electrons. The zero-order valence-corrected chi connectivity index (χ0v) is 14.7. The predicted octanol–water partition coefficient (Wildman–Crippen LogP) is -0.386. The van der Waals surface area contributed by atoms with Crippen LogP contribution in [0.15, 0.2) is 31.6 Å². The minimum absolute atomic E-state index is 0.127. The van der Waals surface area contributed by atoms with Crippen molar-refractivity contribution in [1.82, 2.24) is 19.1 Å². The Morgan fingerprint density at radius 2 is 1.04 bits per heavy atom. The maximum absolute atomic E-state index is 12.4. The van der Waals surface area contributed by atoms with Crippen LogP contribution in [0.3, 0.4) is 0 Å². The Labute approximate surface area is 146 Å². The third-order valence-electron chi connectivity index (χ3n) is 3.80. The molecule has 2 N–H and O–H groups in total. The molecule has 2 rings (SSSR count). The van der Waals surface area contributed by atoms with E-state index in [-0.39, 0.29) is 23.0 Å². The summed E-state index contributed by atoms with van der Waals surface area (Å²) in [7, 11) is 0. The highest BCUT2D eigenvalue weighted by atomic mass is 16.2. The fourth-order valence-electron chi connectivity index (χ4n) is 2.30. The molecule has 0 aliphatic carbocycles. The second-order valence-electron chi connectivity index (χ2n) is 6.35. The summed E-state index contributed by atoms with van der Waals surface area (Å²) >= 11 is 0. The topological polar surface area (TPSA) is 144 Å². The molecule has 138 valence electrons. The minimum Gasteiger partial charge on any atom is -0.273 e. The highest BCUT2D eigenvalue weighted by molar-refractivity contribution is 6.36. The molecule has 0 unspecified atom stereocenters. The maximum atomic E-state index is 12.4. The lowest BCUT2D eigenvalue weighted by Gasteiger charge is -2.10. The van der Waals surface area contributed by atoms with Crippen LogP contribution in [0.4, 0.5) is 0 Å². The largest absolute Gasteiger partial charge is 0.335 e. The van der Waals surface area contributed by atoms with Crippen LogP contribution in [0.25, 0.3) is 0 Å². The van der Waals surface area contributed by atoms with E-state index in [1.54, 1.807) is 27.7 Å². The van der Waals surface area contributed by atoms with Crippen molar-refractivity contribution in [3.63, 3.8) is 0 Å². The molecule has 0 aromatic carbocycles. The molecule has 0 saturated heterocycles. The Morgan fingerprint density at radius 3 is 1.31 bits per heavy atom. The van der Waals surface area contributed by atoms with Gasteiger partial charge in [-0.3, -0.25) is 29.1 Å². The standard InChI is InChI=1S/C16H18N4O6/c1-7(2)9-5-19(15(25)17-11(9)21)13(23)14(24)20-6-10(8(3)4)12(22)18-16(20)26/h5-8H,1-4H3,(H,17,21,25)(H,18,22,26). The van der Waals surface area contributed by atoms with Gasteiger partial charge in [0.25, 0.3) is 11.1 Å². The van der Waals surface area contributed by atoms with E-state index in [1.165, 1.54) is 0 Å². The highest BCUT2D eigenvalue weighted by Gasteiger charge is 2.24. The Morgan fingerprint density at radius 1 is 0.731 bits per heavy atom. The predicted molar refractivity (Wildman–Crippen MR) is 92.1 cm³/mol. The molecule has 2 aromatic heterocycles. The molecule has 0 bridgehead atoms. The number of rotatable bonds is 2. The number of carbonyl (C=O) groups excluding carboxylic acids is 2. The molecule has 0 fully saturated rings. The van der Waals surface area contributed by atoms with Gasteiger partial charge in [0.05, 0.1) is 0 Å². The molecule has 2 heterocycles. The van der Waals surface area contributed by atoms with Crippen molar-refractivity contribution in [2.45, 2.75) is 39.5 Å². The van der Waals surface area contributed by atoms with Crippen LogP contribution in [0.5, 0.6) is 0 Å². The summed E-state index contributed by atoms with van der Waals surface area (Å²) in [6, 6.07) is 0. The van der Waals surface area contributed by atoms with Crippen LogP contribution in [0.1, 0.15) is 60.2 Å². The van der Waals surface area contributed by atoms with Gasteiger partial charge in [0.15, 0.2) is 0 Å². The van der Waals surface area contributed by atoms with Crippen LogP contribution >= 0.6 is 0 Å². The fourth-order valence-corrected chi connectivity index (χ4v) is 2.30. The number of hydrogen-bond donors (Lipinski definition) is 2. The van der Waals surface area contributed by atoms with Crippen LogP contribution in [0, 0.1) is 0 Å². The number of hydrogen-bond acceptors (Lipinski definition) is 6. The monoisotopic (exact) mass is 362 g/mol. The van der Waals surface area contributed by atoms with Gasteiger partial charge in [0.1, 0.15) is 0 Å². The van der Waals surface area contributed by atoms with E-state index >= 15 is 0 Å². The van der Waals surface area contributed by atoms with Crippen molar-refractivity contribution < 1.29 is 9.59 Å². The van der Waals surface area contributed by atoms with Gasteiger partial charge >= 0.3 is 23.2 Å². The Hall–Kier alpha value is -3.30. The first-order valence-corrected chi connectivity index (χ1v) is 7.85. The quantitative estimate of drug-likeness (QED) is 0.697. The van der Waals surface area contributed by atoms with Crippen LogP contribution in [-0.4, -0.2) is 30.9 Å². The van der Waals surface area contributed by atoms with Crippen LogP contribution < -0.4 is 22.5 Å². The third-order valence-corrected chi connectivity index (χ3v) is 3.80. The van der Waals surface area contributed by atoms with Crippen molar-refractivity contribution >= 4 is 11.8 Å². The molecule has 0 amide bonds. The number of nitrogens with one attached hydrogen (secondary N) is 2. The highest BCUT2D eigenvalue weighted by Crippen LogP contribution is 2.08. The first-order valence-electron chi connectivity index (χ1n) is 7.85. The third kappa shape index (κ3) is 3.39. The molecule has 0 atom stereocenters. The van der Waals surface area contributed by atoms with Crippen molar-refractivity contribution in [1.29, 1.82) is 0 Å². The summed E-state index contributed by atoms with van der Waals surface area (Å²) in [4.78, 5) is 76.0. The first-order chi connectivity index (χ1) is 12.0. The maximum Gasteiger partial charge on any atom is 0.335 e. The van der Waals surface area contributed by atoms with Crippen molar-refractivity contribution in [3.8, 4) is 0 Å². The average molecular weight is 362 g/mol. The van der Waals surface area contributed by atoms with E-state index in [1.807, 2.05) is 9.97 Å². The smallest absolute Gasteiger partial charge is 0.273 e. The molecule has 0 spiro atoms. The molecule has 2 aromatic rings. The number of carbonyl (C=O) groups is 2. The summed E-state index contributed by atoms with van der Waals surface area (Å²) in [5.41, 5.74) is -3.27. The fraction of sp³-hybridized carbons (Fsp3) is 0.375. The summed E-state index contributed by atoms with van der Waals surface area (Å²) in [5, 5.41) is 0. The number of aromatic amines is 2. The first kappa shape index (κ1) is 19.0. The van der Waals surface area contributed by atoms with E-state index in [0.717, 1.165) is 12.4 Å². The molecule has 10 nitrogen and oxygen atoms in total. The molecular formula is C16H18N4O6. The number of aromatic nitrogens is 4. The van der Waals surface area contributed by atoms with E-state index in [0.29, 0.717) is 9.13 Å².